The molecule has 6 nitrogen and oxygen atoms in total. The zero-order valence-electron chi connectivity index (χ0n) is 30.2. The number of hydrogen-bond acceptors (Lipinski definition) is 4. The van der Waals surface area contributed by atoms with Crippen LogP contribution >= 0.6 is 0 Å². The molecule has 2 N–H and O–H groups in total. The molecule has 1 amide bonds. The standard InChI is InChI=1S/C40H73NO5/c1-3-5-7-9-11-13-15-17-19-21-23-25-27-29-31-33-37(35-38(42)41-36-39(43)44)46-40(45)34-32-30-28-26-24-22-20-18-16-14-12-10-8-6-4-2/h17-20,37H,3-16,21-36H2,1-2H3,(H,41,42)(H,43,44)/b19-17+,20-18+. The average molecular weight is 648 g/mol. The molecule has 0 heterocycles. The van der Waals surface area contributed by atoms with Crippen LogP contribution in [0.1, 0.15) is 200 Å². The maximum atomic E-state index is 12.5. The Balaban J connectivity index is 4.04. The van der Waals surface area contributed by atoms with E-state index in [1.54, 1.807) is 0 Å². The van der Waals surface area contributed by atoms with E-state index in [1.807, 2.05) is 0 Å². The fourth-order valence-corrected chi connectivity index (χ4v) is 5.68. The highest BCUT2D eigenvalue weighted by Crippen LogP contribution is 2.16. The lowest BCUT2D eigenvalue weighted by atomic mass is 10.0. The van der Waals surface area contributed by atoms with Crippen LogP contribution in [0.15, 0.2) is 24.3 Å². The molecule has 268 valence electrons. The van der Waals surface area contributed by atoms with Crippen LogP contribution < -0.4 is 5.32 Å². The van der Waals surface area contributed by atoms with E-state index >= 15 is 0 Å². The molecule has 0 aliphatic heterocycles. The Morgan fingerprint density at radius 2 is 0.957 bits per heavy atom. The summed E-state index contributed by atoms with van der Waals surface area (Å²) in [6.07, 6.45) is 41.4. The van der Waals surface area contributed by atoms with Crippen LogP contribution in [0.25, 0.3) is 0 Å². The molecule has 1 atom stereocenters. The van der Waals surface area contributed by atoms with Crippen molar-refractivity contribution in [3.05, 3.63) is 24.3 Å². The molecule has 1 unspecified atom stereocenters. The van der Waals surface area contributed by atoms with Crippen LogP contribution in [0.5, 0.6) is 0 Å². The van der Waals surface area contributed by atoms with Gasteiger partial charge in [0, 0.05) is 6.42 Å². The Bertz CT molecular complexity index is 763. The first-order chi connectivity index (χ1) is 22.5. The predicted octanol–water partition coefficient (Wildman–Crippen LogP) is 11.6. The molecule has 0 aromatic carbocycles. The Morgan fingerprint density at radius 3 is 1.39 bits per heavy atom. The van der Waals surface area contributed by atoms with Crippen molar-refractivity contribution in [2.45, 2.75) is 206 Å². The first kappa shape index (κ1) is 43.9. The number of unbranched alkanes of at least 4 members (excludes halogenated alkanes) is 22. The molecule has 6 heteroatoms. The lowest BCUT2D eigenvalue weighted by molar-refractivity contribution is -0.151. The number of hydrogen-bond donors (Lipinski definition) is 2. The van der Waals surface area contributed by atoms with Gasteiger partial charge in [0.05, 0.1) is 6.42 Å². The van der Waals surface area contributed by atoms with Gasteiger partial charge < -0.3 is 15.2 Å². The third-order valence-corrected chi connectivity index (χ3v) is 8.58. The van der Waals surface area contributed by atoms with E-state index in [1.165, 1.54) is 116 Å². The maximum Gasteiger partial charge on any atom is 0.322 e. The highest BCUT2D eigenvalue weighted by atomic mass is 16.5. The zero-order chi connectivity index (χ0) is 33.8. The molecule has 0 aromatic rings. The number of rotatable bonds is 35. The topological polar surface area (TPSA) is 92.7 Å². The van der Waals surface area contributed by atoms with Gasteiger partial charge in [0.1, 0.15) is 12.6 Å². The number of carboxylic acids is 1. The Labute approximate surface area is 284 Å². The molecule has 0 fully saturated rings. The van der Waals surface area contributed by atoms with Gasteiger partial charge in [-0.05, 0) is 70.6 Å². The van der Waals surface area contributed by atoms with Crippen molar-refractivity contribution in [3.8, 4) is 0 Å². The van der Waals surface area contributed by atoms with E-state index < -0.39 is 18.6 Å². The van der Waals surface area contributed by atoms with Crippen molar-refractivity contribution in [1.82, 2.24) is 5.32 Å². The van der Waals surface area contributed by atoms with Gasteiger partial charge in [-0.2, -0.15) is 0 Å². The number of allylic oxidation sites excluding steroid dienone is 4. The van der Waals surface area contributed by atoms with Crippen molar-refractivity contribution in [2.24, 2.45) is 0 Å². The Morgan fingerprint density at radius 1 is 0.565 bits per heavy atom. The van der Waals surface area contributed by atoms with Gasteiger partial charge >= 0.3 is 11.9 Å². The monoisotopic (exact) mass is 648 g/mol. The molecular formula is C40H73NO5. The van der Waals surface area contributed by atoms with Gasteiger partial charge in [0.25, 0.3) is 0 Å². The van der Waals surface area contributed by atoms with Gasteiger partial charge in [-0.25, -0.2) is 0 Å². The third-order valence-electron chi connectivity index (χ3n) is 8.58. The summed E-state index contributed by atoms with van der Waals surface area (Å²) in [5.74, 6) is -1.71. The number of ether oxygens (including phenoxy) is 1. The first-order valence-electron chi connectivity index (χ1n) is 19.5. The summed E-state index contributed by atoms with van der Waals surface area (Å²) in [7, 11) is 0. The number of nitrogens with one attached hydrogen (secondary N) is 1. The van der Waals surface area contributed by atoms with Crippen LogP contribution in [0, 0.1) is 0 Å². The second kappa shape index (κ2) is 35.7. The smallest absolute Gasteiger partial charge is 0.322 e. The highest BCUT2D eigenvalue weighted by molar-refractivity contribution is 5.81. The van der Waals surface area contributed by atoms with Gasteiger partial charge in [0.2, 0.25) is 5.91 Å². The van der Waals surface area contributed by atoms with Gasteiger partial charge in [-0.15, -0.1) is 0 Å². The molecule has 0 aliphatic rings. The molecule has 0 aliphatic carbocycles. The lowest BCUT2D eigenvalue weighted by Crippen LogP contribution is -2.33. The van der Waals surface area contributed by atoms with Gasteiger partial charge in [-0.3, -0.25) is 14.4 Å². The van der Waals surface area contributed by atoms with Crippen LogP contribution in [-0.4, -0.2) is 35.6 Å². The number of carboxylic acid groups (broad SMARTS) is 1. The summed E-state index contributed by atoms with van der Waals surface area (Å²) < 4.78 is 5.70. The maximum absolute atomic E-state index is 12.5. The number of esters is 1. The van der Waals surface area contributed by atoms with Crippen molar-refractivity contribution in [1.29, 1.82) is 0 Å². The van der Waals surface area contributed by atoms with Gasteiger partial charge in [0.15, 0.2) is 0 Å². The van der Waals surface area contributed by atoms with E-state index in [4.69, 9.17) is 9.84 Å². The molecule has 0 spiro atoms. The lowest BCUT2D eigenvalue weighted by Gasteiger charge is -2.18. The largest absolute Gasteiger partial charge is 0.480 e. The molecule has 0 radical (unpaired) electrons. The third kappa shape index (κ3) is 34.8. The van der Waals surface area contributed by atoms with E-state index in [9.17, 15) is 14.4 Å². The minimum absolute atomic E-state index is 0.0226. The number of carbonyl (C=O) groups excluding carboxylic acids is 2. The fraction of sp³-hybridized carbons (Fsp3) is 0.825. The predicted molar refractivity (Wildman–Crippen MR) is 194 cm³/mol. The minimum Gasteiger partial charge on any atom is -0.480 e. The minimum atomic E-state index is -1.08. The average Bonchev–Trinajstić information content (AvgIpc) is 3.03. The van der Waals surface area contributed by atoms with E-state index in [0.29, 0.717) is 12.8 Å². The molecule has 0 rings (SSSR count). The highest BCUT2D eigenvalue weighted by Gasteiger charge is 2.18. The first-order valence-corrected chi connectivity index (χ1v) is 19.5. The zero-order valence-corrected chi connectivity index (χ0v) is 30.2. The second-order valence-corrected chi connectivity index (χ2v) is 13.2. The normalized spacial score (nSPS) is 12.2. The molecule has 0 aromatic heterocycles. The quantitative estimate of drug-likeness (QED) is 0.0405. The summed E-state index contributed by atoms with van der Waals surface area (Å²) in [5, 5.41) is 11.2. The molecular weight excluding hydrogens is 574 g/mol. The van der Waals surface area contributed by atoms with Gasteiger partial charge in [-0.1, -0.05) is 141 Å². The molecule has 0 saturated heterocycles. The number of aliphatic carboxylic acids is 1. The van der Waals surface area contributed by atoms with Crippen LogP contribution in [-0.2, 0) is 19.1 Å². The van der Waals surface area contributed by atoms with Crippen molar-refractivity contribution in [3.63, 3.8) is 0 Å². The van der Waals surface area contributed by atoms with Crippen LogP contribution in [0.3, 0.4) is 0 Å². The van der Waals surface area contributed by atoms with Crippen LogP contribution in [0.4, 0.5) is 0 Å². The summed E-state index contributed by atoms with van der Waals surface area (Å²) in [6, 6.07) is 0. The SMILES string of the molecule is CCCCCCCC/C=C/CCCCCCCC(=O)OC(CCCCCCC/C=C/CCCCCCCC)CC(=O)NCC(=O)O. The van der Waals surface area contributed by atoms with Crippen LogP contribution in [0.2, 0.25) is 0 Å². The Kier molecular flexibility index (Phi) is 34.1. The van der Waals surface area contributed by atoms with E-state index in [0.717, 1.165) is 51.4 Å². The molecule has 0 saturated carbocycles. The molecule has 0 bridgehead atoms. The summed E-state index contributed by atoms with van der Waals surface area (Å²) in [6.45, 7) is 4.10. The fourth-order valence-electron chi connectivity index (χ4n) is 5.68. The van der Waals surface area contributed by atoms with E-state index in [2.05, 4.69) is 43.5 Å². The summed E-state index contributed by atoms with van der Waals surface area (Å²) in [4.78, 5) is 35.6. The van der Waals surface area contributed by atoms with Crippen molar-refractivity contribution in [2.75, 3.05) is 6.54 Å². The number of carbonyl (C=O) groups is 3. The van der Waals surface area contributed by atoms with E-state index in [-0.39, 0.29) is 18.3 Å². The number of amides is 1. The second-order valence-electron chi connectivity index (χ2n) is 13.2. The Hall–Kier alpha value is -2.11. The summed E-state index contributed by atoms with van der Waals surface area (Å²) >= 11 is 0. The summed E-state index contributed by atoms with van der Waals surface area (Å²) in [5.41, 5.74) is 0. The van der Waals surface area contributed by atoms with Crippen molar-refractivity contribution < 1.29 is 24.2 Å². The van der Waals surface area contributed by atoms with Crippen molar-refractivity contribution >= 4 is 17.8 Å². The molecule has 46 heavy (non-hydrogen) atoms.